The first kappa shape index (κ1) is 16.6. The molecule has 0 atom stereocenters. The number of fused-ring (bicyclic) bond motifs is 1. The maximum Gasteiger partial charge on any atom is 0.416 e. The van der Waals surface area contributed by atoms with Crippen molar-refractivity contribution in [2.45, 2.75) is 11.9 Å². The van der Waals surface area contributed by atoms with Crippen LogP contribution < -0.4 is 4.72 Å². The van der Waals surface area contributed by atoms with Crippen molar-refractivity contribution >= 4 is 28.5 Å². The summed E-state index contributed by atoms with van der Waals surface area (Å²) in [6, 6.07) is 7.02. The Labute approximate surface area is 138 Å². The first-order valence-electron chi connectivity index (χ1n) is 6.84. The van der Waals surface area contributed by atoms with Crippen LogP contribution in [0.4, 0.5) is 27.6 Å². The molecular weight excluding hydrogens is 347 g/mol. The van der Waals surface area contributed by atoms with Crippen LogP contribution in [-0.2, 0) is 11.9 Å². The average Bonchev–Trinajstić information content (AvgIpc) is 2.90. The van der Waals surface area contributed by atoms with Crippen molar-refractivity contribution in [1.29, 1.82) is 0 Å². The fourth-order valence-electron chi connectivity index (χ4n) is 2.19. The topological polar surface area (TPSA) is 27.8 Å². The number of benzene rings is 2. The third kappa shape index (κ3) is 3.48. The molecule has 2 aromatic carbocycles. The number of aromatic amines is 1. The van der Waals surface area contributed by atoms with Gasteiger partial charge in [-0.15, -0.1) is 0 Å². The average molecular weight is 358 g/mol. The van der Waals surface area contributed by atoms with Gasteiger partial charge in [0.2, 0.25) is 0 Å². The van der Waals surface area contributed by atoms with E-state index in [1.807, 2.05) is 0 Å². The summed E-state index contributed by atoms with van der Waals surface area (Å²) in [5, 5.41) is 0.494. The summed E-state index contributed by atoms with van der Waals surface area (Å²) in [4.78, 5) is 2.82. The van der Waals surface area contributed by atoms with Crippen molar-refractivity contribution in [1.82, 2.24) is 4.98 Å². The van der Waals surface area contributed by atoms with Crippen molar-refractivity contribution < 1.29 is 22.0 Å². The molecule has 0 spiro atoms. The van der Waals surface area contributed by atoms with Gasteiger partial charge in [0, 0.05) is 23.4 Å². The van der Waals surface area contributed by atoms with Crippen LogP contribution in [0.25, 0.3) is 10.9 Å². The highest BCUT2D eigenvalue weighted by atomic mass is 32.2. The van der Waals surface area contributed by atoms with Crippen LogP contribution in [0.2, 0.25) is 0 Å². The van der Waals surface area contributed by atoms with Crippen LogP contribution in [0.15, 0.2) is 42.6 Å². The molecule has 0 saturated carbocycles. The predicted molar refractivity (Wildman–Crippen MR) is 84.6 cm³/mol. The van der Waals surface area contributed by atoms with Crippen molar-refractivity contribution in [2.24, 2.45) is 0 Å². The van der Waals surface area contributed by atoms with E-state index in [1.165, 1.54) is 24.1 Å². The summed E-state index contributed by atoms with van der Waals surface area (Å²) >= 11 is 1.23. The Morgan fingerprint density at radius 3 is 2.33 bits per heavy atom. The van der Waals surface area contributed by atoms with Gasteiger partial charge in [0.15, 0.2) is 11.6 Å². The summed E-state index contributed by atoms with van der Waals surface area (Å²) < 4.78 is 66.9. The van der Waals surface area contributed by atoms with E-state index in [-0.39, 0.29) is 0 Å². The van der Waals surface area contributed by atoms with Gasteiger partial charge in [-0.05, 0) is 35.7 Å². The number of nitrogens with one attached hydrogen (secondary N) is 2. The molecule has 1 aromatic heterocycles. The third-order valence-corrected chi connectivity index (χ3v) is 4.27. The highest BCUT2D eigenvalue weighted by molar-refractivity contribution is 7.99. The molecule has 2 nitrogen and oxygen atoms in total. The van der Waals surface area contributed by atoms with Gasteiger partial charge in [-0.25, -0.2) is 8.78 Å². The van der Waals surface area contributed by atoms with E-state index < -0.39 is 23.4 Å². The molecule has 1 heterocycles. The zero-order valence-corrected chi connectivity index (χ0v) is 12.9. The molecular formula is C16H11F5N2S. The standard InChI is InChI=1S/C16H11F5N2S/c17-12-5-11-14(6-13(12)18)22-7-15(11)23-24-8-9-1-3-10(4-2-9)16(19,20)21/h1-7,22-23H,8H2. The maximum atomic E-state index is 13.3. The lowest BCUT2D eigenvalue weighted by Gasteiger charge is -2.08. The minimum Gasteiger partial charge on any atom is -0.359 e. The van der Waals surface area contributed by atoms with Gasteiger partial charge in [-0.3, -0.25) is 0 Å². The molecule has 3 rings (SSSR count). The number of aromatic nitrogens is 1. The Hall–Kier alpha value is -2.22. The van der Waals surface area contributed by atoms with Crippen LogP contribution in [0.1, 0.15) is 11.1 Å². The smallest absolute Gasteiger partial charge is 0.359 e. The van der Waals surface area contributed by atoms with Gasteiger partial charge < -0.3 is 9.71 Å². The quantitative estimate of drug-likeness (QED) is 0.461. The van der Waals surface area contributed by atoms with E-state index >= 15 is 0 Å². The molecule has 0 aliphatic rings. The van der Waals surface area contributed by atoms with Gasteiger partial charge in [-0.2, -0.15) is 13.2 Å². The number of anilines is 1. The third-order valence-electron chi connectivity index (χ3n) is 3.42. The van der Waals surface area contributed by atoms with Crippen LogP contribution in [0, 0.1) is 11.6 Å². The Morgan fingerprint density at radius 2 is 1.67 bits per heavy atom. The fourth-order valence-corrected chi connectivity index (χ4v) is 2.94. The van der Waals surface area contributed by atoms with Gasteiger partial charge in [0.05, 0.1) is 16.8 Å². The Morgan fingerprint density at radius 1 is 1.00 bits per heavy atom. The van der Waals surface area contributed by atoms with Gasteiger partial charge >= 0.3 is 6.18 Å². The molecule has 24 heavy (non-hydrogen) atoms. The van der Waals surface area contributed by atoms with E-state index in [1.54, 1.807) is 6.20 Å². The first-order chi connectivity index (χ1) is 11.3. The molecule has 8 heteroatoms. The highest BCUT2D eigenvalue weighted by Gasteiger charge is 2.29. The summed E-state index contributed by atoms with van der Waals surface area (Å²) in [6.07, 6.45) is -2.78. The summed E-state index contributed by atoms with van der Waals surface area (Å²) in [5.74, 6) is -1.47. The fraction of sp³-hybridized carbons (Fsp3) is 0.125. The number of halogens is 5. The Kier molecular flexibility index (Phi) is 4.40. The number of H-pyrrole nitrogens is 1. The molecule has 0 radical (unpaired) electrons. The van der Waals surface area contributed by atoms with Crippen LogP contribution >= 0.6 is 11.9 Å². The maximum absolute atomic E-state index is 13.3. The van der Waals surface area contributed by atoms with Gasteiger partial charge in [0.1, 0.15) is 0 Å². The van der Waals surface area contributed by atoms with Crippen molar-refractivity contribution in [3.05, 3.63) is 65.4 Å². The van der Waals surface area contributed by atoms with E-state index in [0.29, 0.717) is 27.9 Å². The van der Waals surface area contributed by atoms with Crippen LogP contribution in [0.3, 0.4) is 0 Å². The van der Waals surface area contributed by atoms with Crippen molar-refractivity contribution in [3.63, 3.8) is 0 Å². The predicted octanol–water partition coefficient (Wildman–Crippen LogP) is 5.73. The summed E-state index contributed by atoms with van der Waals surface area (Å²) in [6.45, 7) is 0. The van der Waals surface area contributed by atoms with Crippen LogP contribution in [0.5, 0.6) is 0 Å². The van der Waals surface area contributed by atoms with Gasteiger partial charge in [-0.1, -0.05) is 12.1 Å². The molecule has 3 aromatic rings. The largest absolute Gasteiger partial charge is 0.416 e. The SMILES string of the molecule is Fc1cc2[nH]cc(NSCc3ccc(C(F)(F)F)cc3)c2cc1F. The van der Waals surface area contributed by atoms with Crippen LogP contribution in [-0.4, -0.2) is 4.98 Å². The van der Waals surface area contributed by atoms with Crippen molar-refractivity contribution in [3.8, 4) is 0 Å². The van der Waals surface area contributed by atoms with E-state index in [4.69, 9.17) is 0 Å². The molecule has 0 saturated heterocycles. The lowest BCUT2D eigenvalue weighted by atomic mass is 10.1. The second-order valence-electron chi connectivity index (χ2n) is 5.10. The Balaban J connectivity index is 1.65. The molecule has 0 amide bonds. The lowest BCUT2D eigenvalue weighted by molar-refractivity contribution is -0.137. The van der Waals surface area contributed by atoms with E-state index in [0.717, 1.165) is 24.3 Å². The highest BCUT2D eigenvalue weighted by Crippen LogP contribution is 2.30. The summed E-state index contributed by atoms with van der Waals surface area (Å²) in [7, 11) is 0. The zero-order chi connectivity index (χ0) is 17.3. The molecule has 0 bridgehead atoms. The molecule has 0 aliphatic heterocycles. The monoisotopic (exact) mass is 358 g/mol. The number of hydrogen-bond donors (Lipinski definition) is 2. The molecule has 0 fully saturated rings. The number of rotatable bonds is 4. The molecule has 0 unspecified atom stereocenters. The normalized spacial score (nSPS) is 11.9. The van der Waals surface area contributed by atoms with E-state index in [2.05, 4.69) is 9.71 Å². The lowest BCUT2D eigenvalue weighted by Crippen LogP contribution is -2.04. The van der Waals surface area contributed by atoms with Gasteiger partial charge in [0.25, 0.3) is 0 Å². The Bertz CT molecular complexity index is 855. The number of alkyl halides is 3. The number of hydrogen-bond acceptors (Lipinski definition) is 2. The van der Waals surface area contributed by atoms with E-state index in [9.17, 15) is 22.0 Å². The summed E-state index contributed by atoms with van der Waals surface area (Å²) in [5.41, 5.74) is 1.03. The minimum absolute atomic E-state index is 0.411. The minimum atomic E-state index is -4.35. The second-order valence-corrected chi connectivity index (χ2v) is 5.88. The second kappa shape index (κ2) is 6.35. The van der Waals surface area contributed by atoms with Crippen molar-refractivity contribution in [2.75, 3.05) is 4.72 Å². The molecule has 126 valence electrons. The first-order valence-corrected chi connectivity index (χ1v) is 7.83. The zero-order valence-electron chi connectivity index (χ0n) is 12.0. The molecule has 2 N–H and O–H groups in total. The molecule has 0 aliphatic carbocycles.